The molecule has 40 heavy (non-hydrogen) atoms. The van der Waals surface area contributed by atoms with Crippen molar-refractivity contribution in [2.24, 2.45) is 0 Å². The molecule has 2 aliphatic rings. The Morgan fingerprint density at radius 2 is 1.77 bits per heavy atom. The van der Waals surface area contributed by atoms with Gasteiger partial charge in [0.1, 0.15) is 11.6 Å². The Balaban J connectivity index is 1.52. The third-order valence-corrected chi connectivity index (χ3v) is 9.67. The van der Waals surface area contributed by atoms with Gasteiger partial charge in [0.2, 0.25) is 20.9 Å². The molecule has 220 valence electrons. The average molecular weight is 621 g/mol. The minimum Gasteiger partial charge on any atom is -0.465 e. The third kappa shape index (κ3) is 7.16. The Bertz CT molecular complexity index is 1420. The largest absolute Gasteiger partial charge is 0.465 e. The number of piperazine rings is 1. The van der Waals surface area contributed by atoms with Gasteiger partial charge in [-0.2, -0.15) is 8.61 Å². The number of esters is 1. The number of ether oxygens (including phenoxy) is 1. The van der Waals surface area contributed by atoms with Gasteiger partial charge < -0.3 is 4.74 Å². The van der Waals surface area contributed by atoms with E-state index in [0.717, 1.165) is 10.4 Å². The summed E-state index contributed by atoms with van der Waals surface area (Å²) in [6.07, 6.45) is 1.19. The number of nitrogens with zero attached hydrogens (tertiary/aromatic N) is 4. The first-order valence-corrected chi connectivity index (χ1v) is 15.9. The van der Waals surface area contributed by atoms with Crippen LogP contribution in [-0.2, 0) is 32.2 Å². The highest BCUT2D eigenvalue weighted by atomic mass is 35.5. The Morgan fingerprint density at radius 3 is 2.33 bits per heavy atom. The lowest BCUT2D eigenvalue weighted by molar-refractivity contribution is 0.0233. The molecule has 0 spiro atoms. The zero-order valence-electron chi connectivity index (χ0n) is 22.0. The SMILES string of the molecule is COC(=O)c1ccc(CN(CC(c2ccc(F)c(Cl)c2)N2CCN(C3CN(S(C)(=O)=O)C3)CC2)[SH](=O)=O)c(F)c1. The monoisotopic (exact) mass is 620 g/mol. The van der Waals surface area contributed by atoms with Gasteiger partial charge in [-0.25, -0.2) is 30.4 Å². The number of halogens is 3. The van der Waals surface area contributed by atoms with Crippen molar-refractivity contribution in [3.63, 3.8) is 0 Å². The molecule has 0 N–H and O–H groups in total. The molecular formula is C25H31ClF2N4O6S2. The second-order valence-corrected chi connectivity index (χ2v) is 13.3. The van der Waals surface area contributed by atoms with Crippen molar-refractivity contribution in [1.82, 2.24) is 18.4 Å². The number of thiol groups is 1. The summed E-state index contributed by atoms with van der Waals surface area (Å²) < 4.78 is 84.0. The van der Waals surface area contributed by atoms with Crippen molar-refractivity contribution in [3.05, 3.63) is 69.7 Å². The van der Waals surface area contributed by atoms with E-state index in [1.54, 1.807) is 6.07 Å². The van der Waals surface area contributed by atoms with Crippen LogP contribution < -0.4 is 0 Å². The van der Waals surface area contributed by atoms with Gasteiger partial charge in [0.05, 0.1) is 24.0 Å². The smallest absolute Gasteiger partial charge is 0.337 e. The number of benzene rings is 2. The van der Waals surface area contributed by atoms with Crippen LogP contribution in [0.4, 0.5) is 8.78 Å². The van der Waals surface area contributed by atoms with Gasteiger partial charge in [-0.15, -0.1) is 0 Å². The molecule has 2 saturated heterocycles. The lowest BCUT2D eigenvalue weighted by atomic mass is 10.0. The van der Waals surface area contributed by atoms with E-state index in [1.165, 1.54) is 41.9 Å². The lowest BCUT2D eigenvalue weighted by Gasteiger charge is -2.48. The summed E-state index contributed by atoms with van der Waals surface area (Å²) in [6, 6.07) is 7.54. The van der Waals surface area contributed by atoms with Crippen LogP contribution in [-0.4, -0.2) is 106 Å². The highest BCUT2D eigenvalue weighted by molar-refractivity contribution is 7.88. The molecule has 1 unspecified atom stereocenters. The summed E-state index contributed by atoms with van der Waals surface area (Å²) in [5.41, 5.74) is 0.688. The number of hydrogen-bond acceptors (Lipinski definition) is 8. The summed E-state index contributed by atoms with van der Waals surface area (Å²) in [5.74, 6) is -2.06. The molecule has 1 atom stereocenters. The highest BCUT2D eigenvalue weighted by Gasteiger charge is 2.39. The molecule has 4 rings (SSSR count). The molecule has 0 saturated carbocycles. The van der Waals surface area contributed by atoms with Gasteiger partial charge in [-0.05, 0) is 29.8 Å². The van der Waals surface area contributed by atoms with Gasteiger partial charge in [0.15, 0.2) is 0 Å². The minimum atomic E-state index is -3.22. The van der Waals surface area contributed by atoms with Gasteiger partial charge in [-0.3, -0.25) is 9.80 Å². The zero-order chi connectivity index (χ0) is 29.2. The zero-order valence-corrected chi connectivity index (χ0v) is 24.5. The number of carbonyl (C=O) groups is 1. The Kier molecular flexibility index (Phi) is 9.81. The van der Waals surface area contributed by atoms with Gasteiger partial charge >= 0.3 is 5.97 Å². The van der Waals surface area contributed by atoms with Gasteiger partial charge in [0.25, 0.3) is 0 Å². The van der Waals surface area contributed by atoms with Crippen molar-refractivity contribution in [3.8, 4) is 0 Å². The molecule has 2 fully saturated rings. The van der Waals surface area contributed by atoms with E-state index in [4.69, 9.17) is 11.6 Å². The van der Waals surface area contributed by atoms with Crippen LogP contribution in [0.2, 0.25) is 5.02 Å². The molecule has 0 radical (unpaired) electrons. The van der Waals surface area contributed by atoms with Gasteiger partial charge in [0, 0.05) is 70.0 Å². The number of sulfonamides is 1. The van der Waals surface area contributed by atoms with E-state index < -0.39 is 44.6 Å². The molecule has 0 aromatic heterocycles. The minimum absolute atomic E-state index is 0.00429. The van der Waals surface area contributed by atoms with E-state index in [-0.39, 0.29) is 35.3 Å². The second-order valence-electron chi connectivity index (χ2n) is 9.88. The van der Waals surface area contributed by atoms with E-state index in [1.807, 2.05) is 0 Å². The third-order valence-electron chi connectivity index (χ3n) is 7.37. The molecule has 2 aliphatic heterocycles. The summed E-state index contributed by atoms with van der Waals surface area (Å²) >= 11 is 6.06. The maximum absolute atomic E-state index is 14.8. The number of rotatable bonds is 10. The molecule has 0 bridgehead atoms. The molecule has 10 nitrogen and oxygen atoms in total. The molecule has 2 aromatic rings. The predicted octanol–water partition coefficient (Wildman–Crippen LogP) is 1.74. The Morgan fingerprint density at radius 1 is 1.10 bits per heavy atom. The van der Waals surface area contributed by atoms with E-state index in [0.29, 0.717) is 44.8 Å². The number of carbonyl (C=O) groups excluding carboxylic acids is 1. The number of hydrogen-bond donors (Lipinski definition) is 1. The van der Waals surface area contributed by atoms with Crippen molar-refractivity contribution in [2.45, 2.75) is 18.6 Å². The van der Waals surface area contributed by atoms with Crippen molar-refractivity contribution >= 4 is 38.5 Å². The maximum atomic E-state index is 14.8. The summed E-state index contributed by atoms with van der Waals surface area (Å²) in [6.45, 7) is 2.87. The highest BCUT2D eigenvalue weighted by Crippen LogP contribution is 2.29. The molecule has 0 aliphatic carbocycles. The van der Waals surface area contributed by atoms with E-state index >= 15 is 0 Å². The van der Waals surface area contributed by atoms with Crippen LogP contribution >= 0.6 is 11.6 Å². The van der Waals surface area contributed by atoms with Crippen molar-refractivity contribution in [1.29, 1.82) is 0 Å². The maximum Gasteiger partial charge on any atom is 0.337 e. The number of methoxy groups -OCH3 is 1. The quantitative estimate of drug-likeness (QED) is 0.316. The molecular weight excluding hydrogens is 590 g/mol. The molecule has 2 aromatic carbocycles. The topological polar surface area (TPSA) is 108 Å². The summed E-state index contributed by atoms with van der Waals surface area (Å²) in [5, 5.41) is -0.0982. The van der Waals surface area contributed by atoms with E-state index in [9.17, 15) is 30.4 Å². The predicted molar refractivity (Wildman–Crippen MR) is 146 cm³/mol. The second kappa shape index (κ2) is 12.8. The first kappa shape index (κ1) is 30.8. The normalized spacial score (nSPS) is 18.7. The average Bonchev–Trinajstić information content (AvgIpc) is 2.87. The fraction of sp³-hybridized carbons (Fsp3) is 0.480. The van der Waals surface area contributed by atoms with E-state index in [2.05, 4.69) is 14.5 Å². The first-order valence-electron chi connectivity index (χ1n) is 12.5. The Labute approximate surface area is 239 Å². The van der Waals surface area contributed by atoms with Gasteiger partial charge in [-0.1, -0.05) is 23.7 Å². The van der Waals surface area contributed by atoms with Crippen LogP contribution in [0.1, 0.15) is 27.5 Å². The molecule has 15 heteroatoms. The van der Waals surface area contributed by atoms with Crippen molar-refractivity contribution in [2.75, 3.05) is 59.2 Å². The summed E-state index contributed by atoms with van der Waals surface area (Å²) in [4.78, 5) is 16.0. The lowest BCUT2D eigenvalue weighted by Crippen LogP contribution is -2.64. The van der Waals surface area contributed by atoms with Crippen LogP contribution in [0.5, 0.6) is 0 Å². The van der Waals surface area contributed by atoms with Crippen LogP contribution in [0.3, 0.4) is 0 Å². The fourth-order valence-corrected chi connectivity index (χ4v) is 6.62. The van der Waals surface area contributed by atoms with Crippen molar-refractivity contribution < 1.29 is 35.1 Å². The standard InChI is InChI=1S/C25H31ClF2N4O6S2/c1-38-25(33)18-3-4-19(23(28)12-18)13-31(39(34)35)16-24(17-5-6-22(27)21(26)11-17)30-9-7-29(8-10-30)20-14-32(15-20)40(2,36)37/h3-6,11-12,20,24,39H,7-10,13-16H2,1-2H3. The fourth-order valence-electron chi connectivity index (χ4n) is 4.99. The van der Waals surface area contributed by atoms with Crippen LogP contribution in [0.25, 0.3) is 0 Å². The molecule has 0 amide bonds. The molecule has 2 heterocycles. The van der Waals surface area contributed by atoms with Crippen LogP contribution in [0, 0.1) is 11.6 Å². The summed E-state index contributed by atoms with van der Waals surface area (Å²) in [7, 11) is -5.19. The Hall–Kier alpha value is -2.20. The van der Waals surface area contributed by atoms with Crippen LogP contribution in [0.15, 0.2) is 36.4 Å². The first-order chi connectivity index (χ1) is 18.9.